The molecular weight excluding hydrogens is 244 g/mol. The molecule has 0 bridgehead atoms. The Morgan fingerprint density at radius 1 is 1.42 bits per heavy atom. The van der Waals surface area contributed by atoms with E-state index in [1.165, 1.54) is 12.8 Å². The summed E-state index contributed by atoms with van der Waals surface area (Å²) in [5, 5.41) is 5.89. The lowest BCUT2D eigenvalue weighted by Gasteiger charge is -2.17. The van der Waals surface area contributed by atoms with Crippen LogP contribution in [0.25, 0.3) is 0 Å². The van der Waals surface area contributed by atoms with E-state index < -0.39 is 12.0 Å². The third-order valence-electron chi connectivity index (χ3n) is 3.22. The van der Waals surface area contributed by atoms with Gasteiger partial charge in [0.1, 0.15) is 6.04 Å². The first-order valence-electron chi connectivity index (χ1n) is 6.97. The standard InChI is InChI=1S/C14H24N2O3/c1-3-7-12(14(18)19-4-2)16-13(17)10-15-11-8-5-6-9-11/h3,11-12,15H,1,4-10H2,2H3,(H,16,17). The predicted molar refractivity (Wildman–Crippen MR) is 73.6 cm³/mol. The molecule has 0 heterocycles. The van der Waals surface area contributed by atoms with Gasteiger partial charge in [-0.3, -0.25) is 4.79 Å². The van der Waals surface area contributed by atoms with E-state index in [1.54, 1.807) is 13.0 Å². The van der Waals surface area contributed by atoms with Crippen LogP contribution in [-0.4, -0.2) is 37.1 Å². The fraction of sp³-hybridized carbons (Fsp3) is 0.714. The molecule has 1 atom stereocenters. The van der Waals surface area contributed by atoms with Crippen LogP contribution < -0.4 is 10.6 Å². The van der Waals surface area contributed by atoms with Gasteiger partial charge in [0.15, 0.2) is 0 Å². The molecule has 1 saturated carbocycles. The number of hydrogen-bond donors (Lipinski definition) is 2. The van der Waals surface area contributed by atoms with Gasteiger partial charge in [0.05, 0.1) is 13.2 Å². The average molecular weight is 268 g/mol. The van der Waals surface area contributed by atoms with E-state index in [0.717, 1.165) is 12.8 Å². The van der Waals surface area contributed by atoms with Crippen molar-refractivity contribution >= 4 is 11.9 Å². The summed E-state index contributed by atoms with van der Waals surface area (Å²) in [5.74, 6) is -0.580. The number of nitrogens with one attached hydrogen (secondary N) is 2. The second-order valence-electron chi connectivity index (χ2n) is 4.76. The zero-order chi connectivity index (χ0) is 14.1. The van der Waals surface area contributed by atoms with Crippen molar-refractivity contribution in [2.75, 3.05) is 13.2 Å². The van der Waals surface area contributed by atoms with Crippen molar-refractivity contribution in [1.82, 2.24) is 10.6 Å². The first kappa shape index (κ1) is 15.7. The minimum Gasteiger partial charge on any atom is -0.464 e. The predicted octanol–water partition coefficient (Wildman–Crippen LogP) is 1.14. The maximum Gasteiger partial charge on any atom is 0.328 e. The van der Waals surface area contributed by atoms with Crippen LogP contribution >= 0.6 is 0 Å². The Balaban J connectivity index is 2.32. The van der Waals surface area contributed by atoms with E-state index in [0.29, 0.717) is 19.1 Å². The van der Waals surface area contributed by atoms with E-state index in [1.807, 2.05) is 0 Å². The number of amides is 1. The second-order valence-corrected chi connectivity index (χ2v) is 4.76. The van der Waals surface area contributed by atoms with Gasteiger partial charge in [-0.15, -0.1) is 6.58 Å². The molecule has 1 rings (SSSR count). The van der Waals surface area contributed by atoms with E-state index in [9.17, 15) is 9.59 Å². The molecule has 1 unspecified atom stereocenters. The molecule has 0 saturated heterocycles. The van der Waals surface area contributed by atoms with Crippen LogP contribution in [-0.2, 0) is 14.3 Å². The highest BCUT2D eigenvalue weighted by Gasteiger charge is 2.21. The van der Waals surface area contributed by atoms with Crippen LogP contribution in [0.2, 0.25) is 0 Å². The fourth-order valence-corrected chi connectivity index (χ4v) is 2.24. The van der Waals surface area contributed by atoms with Crippen molar-refractivity contribution in [2.24, 2.45) is 0 Å². The summed E-state index contributed by atoms with van der Waals surface area (Å²) in [6.45, 7) is 5.88. The summed E-state index contributed by atoms with van der Waals surface area (Å²) >= 11 is 0. The van der Waals surface area contributed by atoms with E-state index in [2.05, 4.69) is 17.2 Å². The summed E-state index contributed by atoms with van der Waals surface area (Å²) in [6, 6.07) is -0.193. The first-order chi connectivity index (χ1) is 9.17. The van der Waals surface area contributed by atoms with Gasteiger partial charge in [-0.2, -0.15) is 0 Å². The highest BCUT2D eigenvalue weighted by Crippen LogP contribution is 2.17. The highest BCUT2D eigenvalue weighted by atomic mass is 16.5. The van der Waals surface area contributed by atoms with Gasteiger partial charge in [0.2, 0.25) is 5.91 Å². The second kappa shape index (κ2) is 8.69. The summed E-state index contributed by atoms with van der Waals surface area (Å²) in [4.78, 5) is 23.4. The number of rotatable bonds is 8. The summed E-state index contributed by atoms with van der Waals surface area (Å²) in [7, 11) is 0. The number of ether oxygens (including phenoxy) is 1. The van der Waals surface area contributed by atoms with Crippen LogP contribution in [0.5, 0.6) is 0 Å². The molecule has 1 aliphatic carbocycles. The summed E-state index contributed by atoms with van der Waals surface area (Å²) in [6.07, 6.45) is 6.69. The van der Waals surface area contributed by atoms with Gasteiger partial charge in [-0.05, 0) is 26.2 Å². The number of esters is 1. The van der Waals surface area contributed by atoms with Crippen molar-refractivity contribution in [3.63, 3.8) is 0 Å². The molecule has 19 heavy (non-hydrogen) atoms. The van der Waals surface area contributed by atoms with Crippen LogP contribution in [0.1, 0.15) is 39.0 Å². The fourth-order valence-electron chi connectivity index (χ4n) is 2.24. The number of hydrogen-bond acceptors (Lipinski definition) is 4. The Bertz CT molecular complexity index is 312. The molecule has 5 nitrogen and oxygen atoms in total. The van der Waals surface area contributed by atoms with Gasteiger partial charge in [0, 0.05) is 6.04 Å². The van der Waals surface area contributed by atoms with Crippen LogP contribution in [0.4, 0.5) is 0 Å². The first-order valence-corrected chi connectivity index (χ1v) is 6.97. The van der Waals surface area contributed by atoms with Crippen molar-refractivity contribution in [3.8, 4) is 0 Å². The zero-order valence-corrected chi connectivity index (χ0v) is 11.6. The van der Waals surface area contributed by atoms with Gasteiger partial charge in [-0.25, -0.2) is 4.79 Å². The molecule has 5 heteroatoms. The molecule has 0 radical (unpaired) electrons. The van der Waals surface area contributed by atoms with E-state index in [4.69, 9.17) is 4.74 Å². The SMILES string of the molecule is C=CCC(NC(=O)CNC1CCCC1)C(=O)OCC. The largest absolute Gasteiger partial charge is 0.464 e. The Kier molecular flexibility index (Phi) is 7.18. The lowest BCUT2D eigenvalue weighted by molar-refractivity contribution is -0.147. The maximum absolute atomic E-state index is 11.8. The van der Waals surface area contributed by atoms with Gasteiger partial charge in [0.25, 0.3) is 0 Å². The Morgan fingerprint density at radius 3 is 2.68 bits per heavy atom. The summed E-state index contributed by atoms with van der Waals surface area (Å²) < 4.78 is 4.91. The molecule has 1 fully saturated rings. The summed E-state index contributed by atoms with van der Waals surface area (Å²) in [5.41, 5.74) is 0. The molecule has 108 valence electrons. The zero-order valence-electron chi connectivity index (χ0n) is 11.6. The molecule has 0 aromatic carbocycles. The van der Waals surface area contributed by atoms with Crippen LogP contribution in [0, 0.1) is 0 Å². The monoisotopic (exact) mass is 268 g/mol. The van der Waals surface area contributed by atoms with E-state index >= 15 is 0 Å². The van der Waals surface area contributed by atoms with Crippen LogP contribution in [0.3, 0.4) is 0 Å². The third kappa shape index (κ3) is 5.87. The minimum atomic E-state index is -0.629. The molecule has 0 aromatic heterocycles. The average Bonchev–Trinajstić information content (AvgIpc) is 2.89. The van der Waals surface area contributed by atoms with Crippen LogP contribution in [0.15, 0.2) is 12.7 Å². The lowest BCUT2D eigenvalue weighted by atomic mass is 10.2. The molecule has 0 aliphatic heterocycles. The quantitative estimate of drug-likeness (QED) is 0.512. The number of carbonyl (C=O) groups excluding carboxylic acids is 2. The van der Waals surface area contributed by atoms with Crippen molar-refractivity contribution in [2.45, 2.75) is 51.1 Å². The van der Waals surface area contributed by atoms with Crippen molar-refractivity contribution < 1.29 is 14.3 Å². The molecule has 0 spiro atoms. The third-order valence-corrected chi connectivity index (χ3v) is 3.22. The number of carbonyl (C=O) groups is 2. The topological polar surface area (TPSA) is 67.4 Å². The van der Waals surface area contributed by atoms with Gasteiger partial charge < -0.3 is 15.4 Å². The highest BCUT2D eigenvalue weighted by molar-refractivity contribution is 5.85. The Morgan fingerprint density at radius 2 is 2.11 bits per heavy atom. The molecule has 2 N–H and O–H groups in total. The maximum atomic E-state index is 11.8. The van der Waals surface area contributed by atoms with E-state index in [-0.39, 0.29) is 12.5 Å². The van der Waals surface area contributed by atoms with Crippen molar-refractivity contribution in [1.29, 1.82) is 0 Å². The molecular formula is C14H24N2O3. The Hall–Kier alpha value is -1.36. The minimum absolute atomic E-state index is 0.174. The molecule has 1 aliphatic rings. The Labute approximate surface area is 114 Å². The lowest BCUT2D eigenvalue weighted by Crippen LogP contribution is -2.46. The normalized spacial score (nSPS) is 16.9. The van der Waals surface area contributed by atoms with Crippen molar-refractivity contribution in [3.05, 3.63) is 12.7 Å². The van der Waals surface area contributed by atoms with Gasteiger partial charge in [-0.1, -0.05) is 18.9 Å². The molecule has 0 aromatic rings. The van der Waals surface area contributed by atoms with Gasteiger partial charge >= 0.3 is 5.97 Å². The smallest absolute Gasteiger partial charge is 0.328 e. The molecule has 1 amide bonds.